The smallest absolute Gasteiger partial charge is 0.337 e. The summed E-state index contributed by atoms with van der Waals surface area (Å²) in [4.78, 5) is 11.7. The van der Waals surface area contributed by atoms with Crippen LogP contribution >= 0.6 is 0 Å². The topological polar surface area (TPSA) is 105 Å². The average Bonchev–Trinajstić information content (AvgIpc) is 3.77. The number of rotatable bonds is 25. The fourth-order valence-corrected chi connectivity index (χ4v) is 7.27. The van der Waals surface area contributed by atoms with Crippen LogP contribution < -0.4 is 0 Å². The van der Waals surface area contributed by atoms with E-state index in [1.807, 2.05) is 6.92 Å². The highest BCUT2D eigenvalue weighted by molar-refractivity contribution is 5.91. The second-order valence-electron chi connectivity index (χ2n) is 14.0. The van der Waals surface area contributed by atoms with Crippen molar-refractivity contribution in [2.24, 2.45) is 0 Å². The largest absolute Gasteiger partial charge is 0.455 e. The van der Waals surface area contributed by atoms with Gasteiger partial charge in [-0.2, -0.15) is 0 Å². The zero-order valence-corrected chi connectivity index (χ0v) is 28.1. The summed E-state index contributed by atoms with van der Waals surface area (Å²) in [5.74, 6) is -0.370. The molecule has 3 aliphatic rings. The Hall–Kier alpha value is -0.990. The van der Waals surface area contributed by atoms with Crippen LogP contribution in [0, 0.1) is 0 Å². The number of esters is 1. The Morgan fingerprint density at radius 3 is 1.45 bits per heavy atom. The second-order valence-corrected chi connectivity index (χ2v) is 14.0. The molecule has 0 amide bonds. The summed E-state index contributed by atoms with van der Waals surface area (Å²) >= 11 is 0. The van der Waals surface area contributed by atoms with E-state index in [1.165, 1.54) is 70.6 Å². The minimum Gasteiger partial charge on any atom is -0.455 e. The van der Waals surface area contributed by atoms with Crippen LogP contribution in [0.1, 0.15) is 168 Å². The molecule has 0 aliphatic carbocycles. The van der Waals surface area contributed by atoms with Crippen LogP contribution in [0.5, 0.6) is 0 Å². The number of carbonyl (C=O) groups excluding carboxylic acids is 1. The van der Waals surface area contributed by atoms with Crippen LogP contribution in [0.4, 0.5) is 0 Å². The van der Waals surface area contributed by atoms with E-state index in [2.05, 4.69) is 6.92 Å². The predicted molar refractivity (Wildman–Crippen MR) is 175 cm³/mol. The summed E-state index contributed by atoms with van der Waals surface area (Å²) in [5, 5.41) is 31.6. The first kappa shape index (κ1) is 37.5. The predicted octanol–water partition coefficient (Wildman–Crippen LogP) is 7.86. The summed E-state index contributed by atoms with van der Waals surface area (Å²) in [6.07, 6.45) is 26.4. The van der Waals surface area contributed by atoms with Crippen molar-refractivity contribution in [3.63, 3.8) is 0 Å². The second kappa shape index (κ2) is 21.7. The molecular weight excluding hydrogens is 556 g/mol. The summed E-state index contributed by atoms with van der Waals surface area (Å²) in [6.45, 7) is 4.06. The zero-order valence-electron chi connectivity index (χ0n) is 28.1. The monoisotopic (exact) mass is 622 g/mol. The molecular formula is C37H66O7. The lowest BCUT2D eigenvalue weighted by atomic mass is 10.00. The third-order valence-corrected chi connectivity index (χ3v) is 10.1. The van der Waals surface area contributed by atoms with Gasteiger partial charge in [-0.1, -0.05) is 116 Å². The number of hydrogen-bond donors (Lipinski definition) is 3. The molecule has 3 heterocycles. The van der Waals surface area contributed by atoms with E-state index in [9.17, 15) is 20.1 Å². The van der Waals surface area contributed by atoms with Crippen molar-refractivity contribution in [2.45, 2.75) is 217 Å². The van der Waals surface area contributed by atoms with Gasteiger partial charge >= 0.3 is 5.97 Å². The Balaban J connectivity index is 1.13. The summed E-state index contributed by atoms with van der Waals surface area (Å²) in [7, 11) is 0. The fourth-order valence-electron chi connectivity index (χ4n) is 7.27. The molecule has 3 aliphatic heterocycles. The molecule has 256 valence electrons. The van der Waals surface area contributed by atoms with Crippen molar-refractivity contribution in [3.05, 3.63) is 11.6 Å². The van der Waals surface area contributed by atoms with Gasteiger partial charge in [-0.15, -0.1) is 0 Å². The first-order valence-corrected chi connectivity index (χ1v) is 18.7. The van der Waals surface area contributed by atoms with Crippen LogP contribution in [0.15, 0.2) is 11.6 Å². The maximum Gasteiger partial charge on any atom is 0.337 e. The number of hydrogen-bond acceptors (Lipinski definition) is 7. The summed E-state index contributed by atoms with van der Waals surface area (Å²) < 4.78 is 17.6. The quantitative estimate of drug-likeness (QED) is 0.0703. The van der Waals surface area contributed by atoms with E-state index < -0.39 is 12.2 Å². The fraction of sp³-hybridized carbons (Fsp3) is 0.919. The Kier molecular flexibility index (Phi) is 18.5. The van der Waals surface area contributed by atoms with E-state index in [1.54, 1.807) is 6.08 Å². The SMILES string of the molecule is CCCCCCCCCC[C@H](O)[C@H]1CC[C@@H]([C@H]2CC[C@H]([C@H](O)CCCCCCCCCCC[C@@H](O)C3=C[C@H](C)OC3=O)O2)O1. The first-order chi connectivity index (χ1) is 21.4. The maximum atomic E-state index is 11.7. The molecule has 8 atom stereocenters. The van der Waals surface area contributed by atoms with Gasteiger partial charge in [-0.25, -0.2) is 4.79 Å². The van der Waals surface area contributed by atoms with Crippen molar-refractivity contribution in [1.29, 1.82) is 0 Å². The normalized spacial score (nSPS) is 27.4. The standard InChI is InChI=1S/C37H66O7/c1-3-4-5-6-7-11-15-18-21-31(39)33-23-25-35(43-33)36-26-24-34(44-36)32(40)22-19-16-13-10-8-9-12-14-17-20-30(38)29-27-28(2)42-37(29)41/h27-28,30-36,38-40H,3-26H2,1-2H3/t28-,30+,31-,32+,33+,34+,35-,36+/m0/s1. The van der Waals surface area contributed by atoms with E-state index in [-0.39, 0.29) is 42.6 Å². The molecule has 0 aromatic rings. The lowest BCUT2D eigenvalue weighted by molar-refractivity contribution is -0.139. The van der Waals surface area contributed by atoms with Crippen LogP contribution in [0.2, 0.25) is 0 Å². The van der Waals surface area contributed by atoms with E-state index >= 15 is 0 Å². The van der Waals surface area contributed by atoms with Gasteiger partial charge in [0.15, 0.2) is 0 Å². The van der Waals surface area contributed by atoms with Gasteiger partial charge in [0, 0.05) is 0 Å². The molecule has 7 heteroatoms. The van der Waals surface area contributed by atoms with Gasteiger partial charge < -0.3 is 29.5 Å². The molecule has 0 aromatic heterocycles. The Morgan fingerprint density at radius 1 is 0.636 bits per heavy atom. The summed E-state index contributed by atoms with van der Waals surface area (Å²) in [5.41, 5.74) is 0.429. The minimum atomic E-state index is -0.694. The number of cyclic esters (lactones) is 1. The van der Waals surface area contributed by atoms with E-state index in [0.717, 1.165) is 77.0 Å². The lowest BCUT2D eigenvalue weighted by Gasteiger charge is -2.24. The Labute approximate surface area is 268 Å². The molecule has 3 rings (SSSR count). The molecule has 0 spiro atoms. The van der Waals surface area contributed by atoms with Gasteiger partial charge in [0.25, 0.3) is 0 Å². The highest BCUT2D eigenvalue weighted by Gasteiger charge is 2.40. The van der Waals surface area contributed by atoms with Gasteiger partial charge in [0.1, 0.15) is 6.10 Å². The summed E-state index contributed by atoms with van der Waals surface area (Å²) in [6, 6.07) is 0. The average molecular weight is 623 g/mol. The molecule has 0 radical (unpaired) electrons. The van der Waals surface area contributed by atoms with Crippen molar-refractivity contribution in [1.82, 2.24) is 0 Å². The number of carbonyl (C=O) groups is 1. The number of aliphatic hydroxyl groups is 3. The van der Waals surface area contributed by atoms with Crippen LogP contribution in [0.25, 0.3) is 0 Å². The molecule has 3 N–H and O–H groups in total. The number of ether oxygens (including phenoxy) is 3. The molecule has 0 unspecified atom stereocenters. The van der Waals surface area contributed by atoms with Crippen LogP contribution in [-0.4, -0.2) is 70.1 Å². The molecule has 0 aromatic carbocycles. The van der Waals surface area contributed by atoms with E-state index in [4.69, 9.17) is 14.2 Å². The maximum absolute atomic E-state index is 11.7. The zero-order chi connectivity index (χ0) is 31.6. The molecule has 0 bridgehead atoms. The van der Waals surface area contributed by atoms with E-state index in [0.29, 0.717) is 12.0 Å². The molecule has 2 fully saturated rings. The Bertz CT molecular complexity index is 801. The van der Waals surface area contributed by atoms with Crippen molar-refractivity contribution in [2.75, 3.05) is 0 Å². The van der Waals surface area contributed by atoms with Crippen LogP contribution in [-0.2, 0) is 19.0 Å². The van der Waals surface area contributed by atoms with Gasteiger partial charge in [-0.3, -0.25) is 0 Å². The number of aliphatic hydroxyl groups excluding tert-OH is 3. The molecule has 44 heavy (non-hydrogen) atoms. The third kappa shape index (κ3) is 13.8. The lowest BCUT2D eigenvalue weighted by Crippen LogP contribution is -2.33. The van der Waals surface area contributed by atoms with Crippen molar-refractivity contribution in [3.8, 4) is 0 Å². The molecule has 7 nitrogen and oxygen atoms in total. The third-order valence-electron chi connectivity index (χ3n) is 10.1. The molecule has 0 saturated carbocycles. The molecule has 2 saturated heterocycles. The number of unbranched alkanes of at least 4 members (excludes halogenated alkanes) is 15. The highest BCUT2D eigenvalue weighted by atomic mass is 16.6. The van der Waals surface area contributed by atoms with Gasteiger partial charge in [0.05, 0.1) is 48.3 Å². The van der Waals surface area contributed by atoms with Crippen LogP contribution in [0.3, 0.4) is 0 Å². The highest BCUT2D eigenvalue weighted by Crippen LogP contribution is 2.34. The Morgan fingerprint density at radius 2 is 1.05 bits per heavy atom. The van der Waals surface area contributed by atoms with Gasteiger partial charge in [0.2, 0.25) is 0 Å². The van der Waals surface area contributed by atoms with Crippen molar-refractivity contribution >= 4 is 5.97 Å². The minimum absolute atomic E-state index is 0.0539. The van der Waals surface area contributed by atoms with Crippen molar-refractivity contribution < 1.29 is 34.3 Å². The van der Waals surface area contributed by atoms with Gasteiger partial charge in [-0.05, 0) is 57.9 Å². The first-order valence-electron chi connectivity index (χ1n) is 18.7.